The van der Waals surface area contributed by atoms with E-state index in [9.17, 15) is 4.79 Å². The van der Waals surface area contributed by atoms with E-state index in [1.807, 2.05) is 24.3 Å². The van der Waals surface area contributed by atoms with E-state index in [4.69, 9.17) is 5.11 Å². The molecular weight excluding hydrogens is 312 g/mol. The maximum Gasteiger partial charge on any atom is 0.352 e. The molecule has 0 saturated heterocycles. The Labute approximate surface area is 142 Å². The van der Waals surface area contributed by atoms with E-state index in [2.05, 4.69) is 47.1 Å². The standard InChI is InChI=1S/C11H7NO2.C10H7N/c13-11(14)9-6-8-3-1-2-7-4-5-12(9)10(7)8;1-2-8-4-6-11-7-5-9(3-1)10(8)11/h1-6H,(H,13,14);1-7H. The highest BCUT2D eigenvalue weighted by atomic mass is 16.4. The molecule has 120 valence electrons. The van der Waals surface area contributed by atoms with Crippen molar-refractivity contribution in [2.75, 3.05) is 0 Å². The van der Waals surface area contributed by atoms with Crippen molar-refractivity contribution >= 4 is 38.5 Å². The minimum atomic E-state index is -0.890. The summed E-state index contributed by atoms with van der Waals surface area (Å²) in [6, 6.07) is 20.1. The molecule has 1 N–H and O–H groups in total. The summed E-state index contributed by atoms with van der Waals surface area (Å²) in [5, 5.41) is 13.7. The molecular formula is C21H14N2O2. The van der Waals surface area contributed by atoms with Crippen LogP contribution in [0, 0.1) is 0 Å². The van der Waals surface area contributed by atoms with E-state index in [-0.39, 0.29) is 0 Å². The summed E-state index contributed by atoms with van der Waals surface area (Å²) < 4.78 is 3.87. The fraction of sp³-hybridized carbons (Fsp3) is 0. The van der Waals surface area contributed by atoms with Crippen LogP contribution in [-0.2, 0) is 0 Å². The van der Waals surface area contributed by atoms with Gasteiger partial charge < -0.3 is 13.9 Å². The molecule has 0 aliphatic rings. The predicted molar refractivity (Wildman–Crippen MR) is 99.1 cm³/mol. The molecule has 6 rings (SSSR count). The predicted octanol–water partition coefficient (Wildman–Crippen LogP) is 4.76. The van der Waals surface area contributed by atoms with Gasteiger partial charge in [-0.05, 0) is 24.3 Å². The molecule has 4 heterocycles. The molecule has 0 spiro atoms. The first-order chi connectivity index (χ1) is 12.2. The molecule has 0 amide bonds. The summed E-state index contributed by atoms with van der Waals surface area (Å²) in [5.74, 6) is -0.890. The Kier molecular flexibility index (Phi) is 2.76. The maximum absolute atomic E-state index is 10.9. The van der Waals surface area contributed by atoms with Crippen LogP contribution in [0.15, 0.2) is 79.3 Å². The van der Waals surface area contributed by atoms with Crippen LogP contribution in [0.4, 0.5) is 0 Å². The van der Waals surface area contributed by atoms with Gasteiger partial charge in [0.05, 0.1) is 11.0 Å². The van der Waals surface area contributed by atoms with Gasteiger partial charge in [-0.15, -0.1) is 0 Å². The molecule has 0 fully saturated rings. The number of hydrogen-bond acceptors (Lipinski definition) is 1. The summed E-state index contributed by atoms with van der Waals surface area (Å²) in [4.78, 5) is 10.9. The van der Waals surface area contributed by atoms with Gasteiger partial charge in [-0.1, -0.05) is 36.4 Å². The van der Waals surface area contributed by atoms with Crippen LogP contribution in [0.25, 0.3) is 32.6 Å². The summed E-state index contributed by atoms with van der Waals surface area (Å²) >= 11 is 0. The lowest BCUT2D eigenvalue weighted by Crippen LogP contribution is -1.99. The molecule has 2 aromatic carbocycles. The number of aromatic carboxylic acids is 1. The van der Waals surface area contributed by atoms with Crippen LogP contribution < -0.4 is 0 Å². The van der Waals surface area contributed by atoms with E-state index in [1.165, 1.54) is 16.3 Å². The Balaban J connectivity index is 0.000000115. The maximum atomic E-state index is 10.9. The molecule has 4 nitrogen and oxygen atoms in total. The largest absolute Gasteiger partial charge is 0.477 e. The molecule has 0 saturated carbocycles. The van der Waals surface area contributed by atoms with Crippen LogP contribution in [0.3, 0.4) is 0 Å². The number of carbonyl (C=O) groups is 1. The second kappa shape index (κ2) is 4.98. The lowest BCUT2D eigenvalue weighted by molar-refractivity contribution is 0.0689. The van der Waals surface area contributed by atoms with Crippen molar-refractivity contribution in [3.05, 3.63) is 84.9 Å². The average molecular weight is 326 g/mol. The van der Waals surface area contributed by atoms with Crippen LogP contribution in [-0.4, -0.2) is 19.9 Å². The molecule has 0 aliphatic carbocycles. The molecule has 25 heavy (non-hydrogen) atoms. The highest BCUT2D eigenvalue weighted by molar-refractivity contribution is 6.02. The normalized spacial score (nSPS) is 11.5. The zero-order chi connectivity index (χ0) is 17.0. The summed E-state index contributed by atoms with van der Waals surface area (Å²) in [6.07, 6.45) is 5.98. The van der Waals surface area contributed by atoms with Gasteiger partial charge in [0.25, 0.3) is 0 Å². The lowest BCUT2D eigenvalue weighted by atomic mass is 10.2. The number of hydrogen-bond donors (Lipinski definition) is 1. The highest BCUT2D eigenvalue weighted by Crippen LogP contribution is 2.25. The van der Waals surface area contributed by atoms with Gasteiger partial charge in [0.15, 0.2) is 0 Å². The quantitative estimate of drug-likeness (QED) is 0.473. The van der Waals surface area contributed by atoms with Crippen molar-refractivity contribution in [2.45, 2.75) is 0 Å². The fourth-order valence-electron chi connectivity index (χ4n) is 3.59. The minimum Gasteiger partial charge on any atom is -0.477 e. The van der Waals surface area contributed by atoms with Gasteiger partial charge in [-0.25, -0.2) is 4.79 Å². The Morgan fingerprint density at radius 3 is 1.92 bits per heavy atom. The smallest absolute Gasteiger partial charge is 0.352 e. The van der Waals surface area contributed by atoms with E-state index in [0.29, 0.717) is 5.69 Å². The van der Waals surface area contributed by atoms with Crippen molar-refractivity contribution in [2.24, 2.45) is 0 Å². The molecule has 4 heteroatoms. The summed E-state index contributed by atoms with van der Waals surface area (Å²) in [6.45, 7) is 0. The Bertz CT molecular complexity index is 1270. The average Bonchev–Trinajstić information content (AvgIpc) is 3.38. The molecule has 0 aliphatic heterocycles. The summed E-state index contributed by atoms with van der Waals surface area (Å²) in [7, 11) is 0. The lowest BCUT2D eigenvalue weighted by Gasteiger charge is -1.91. The number of aromatic nitrogens is 2. The molecule has 6 aromatic rings. The first-order valence-corrected chi connectivity index (χ1v) is 8.05. The van der Waals surface area contributed by atoms with Crippen molar-refractivity contribution in [3.63, 3.8) is 0 Å². The number of para-hydroxylation sites is 2. The monoisotopic (exact) mass is 326 g/mol. The zero-order valence-corrected chi connectivity index (χ0v) is 13.3. The number of rotatable bonds is 1. The van der Waals surface area contributed by atoms with Crippen molar-refractivity contribution in [1.82, 2.24) is 8.80 Å². The topological polar surface area (TPSA) is 46.1 Å². The number of benzene rings is 2. The minimum absolute atomic E-state index is 0.321. The van der Waals surface area contributed by atoms with E-state index < -0.39 is 5.97 Å². The van der Waals surface area contributed by atoms with Crippen molar-refractivity contribution in [1.29, 1.82) is 0 Å². The van der Waals surface area contributed by atoms with E-state index in [1.54, 1.807) is 16.7 Å². The Hall–Kier alpha value is -3.53. The van der Waals surface area contributed by atoms with Gasteiger partial charge >= 0.3 is 5.97 Å². The third-order valence-corrected chi connectivity index (χ3v) is 4.70. The van der Waals surface area contributed by atoms with E-state index in [0.717, 1.165) is 16.3 Å². The third-order valence-electron chi connectivity index (χ3n) is 4.70. The van der Waals surface area contributed by atoms with Crippen molar-refractivity contribution in [3.8, 4) is 0 Å². The van der Waals surface area contributed by atoms with Crippen molar-refractivity contribution < 1.29 is 9.90 Å². The third kappa shape index (κ3) is 1.97. The Morgan fingerprint density at radius 1 is 0.720 bits per heavy atom. The van der Waals surface area contributed by atoms with Crippen LogP contribution >= 0.6 is 0 Å². The van der Waals surface area contributed by atoms with Crippen LogP contribution in [0.1, 0.15) is 10.5 Å². The van der Waals surface area contributed by atoms with Crippen LogP contribution in [0.2, 0.25) is 0 Å². The molecule has 0 radical (unpaired) electrons. The SMILES string of the molecule is O=C(O)c1cc2cccc3ccn1c32.c1cc2ccn3ccc(c1)c23. The van der Waals surface area contributed by atoms with Gasteiger partial charge in [0.1, 0.15) is 5.69 Å². The second-order valence-electron chi connectivity index (χ2n) is 6.13. The van der Waals surface area contributed by atoms with Gasteiger partial charge in [0, 0.05) is 40.1 Å². The summed E-state index contributed by atoms with van der Waals surface area (Å²) in [5.41, 5.74) is 2.65. The fourth-order valence-corrected chi connectivity index (χ4v) is 3.59. The van der Waals surface area contributed by atoms with Gasteiger partial charge in [-0.2, -0.15) is 0 Å². The Morgan fingerprint density at radius 2 is 1.28 bits per heavy atom. The van der Waals surface area contributed by atoms with Gasteiger partial charge in [0.2, 0.25) is 0 Å². The first-order valence-electron chi connectivity index (χ1n) is 8.05. The number of carboxylic acids is 1. The van der Waals surface area contributed by atoms with E-state index >= 15 is 0 Å². The number of carboxylic acid groups (broad SMARTS) is 1. The zero-order valence-electron chi connectivity index (χ0n) is 13.3. The molecule has 4 aromatic heterocycles. The highest BCUT2D eigenvalue weighted by Gasteiger charge is 2.13. The van der Waals surface area contributed by atoms with Crippen LogP contribution in [0.5, 0.6) is 0 Å². The molecule has 0 unspecified atom stereocenters. The first kappa shape index (κ1) is 13.9. The molecule has 0 atom stereocenters. The second-order valence-corrected chi connectivity index (χ2v) is 6.13. The number of nitrogens with zero attached hydrogens (tertiary/aromatic N) is 2. The van der Waals surface area contributed by atoms with Gasteiger partial charge in [-0.3, -0.25) is 0 Å². The molecule has 0 bridgehead atoms.